The van der Waals surface area contributed by atoms with Crippen molar-refractivity contribution in [3.63, 3.8) is 0 Å². The van der Waals surface area contributed by atoms with E-state index >= 15 is 0 Å². The summed E-state index contributed by atoms with van der Waals surface area (Å²) in [5, 5.41) is 0. The van der Waals surface area contributed by atoms with Crippen LogP contribution in [0.1, 0.15) is 23.1 Å². The van der Waals surface area contributed by atoms with Crippen LogP contribution in [0.5, 0.6) is 0 Å². The summed E-state index contributed by atoms with van der Waals surface area (Å²) in [5.74, 6) is 1.10. The van der Waals surface area contributed by atoms with Gasteiger partial charge in [0, 0.05) is 57.4 Å². The number of fused-ring (bicyclic) bond motifs is 1. The van der Waals surface area contributed by atoms with Crippen molar-refractivity contribution in [3.8, 4) is 0 Å². The topological polar surface area (TPSA) is 37.2 Å². The summed E-state index contributed by atoms with van der Waals surface area (Å²) in [6.45, 7) is 5.21. The van der Waals surface area contributed by atoms with E-state index in [1.807, 2.05) is 24.9 Å². The third-order valence-corrected chi connectivity index (χ3v) is 6.21. The van der Waals surface area contributed by atoms with Gasteiger partial charge in [-0.25, -0.2) is 9.97 Å². The smallest absolute Gasteiger partial charge is 0.128 e. The summed E-state index contributed by atoms with van der Waals surface area (Å²) in [6, 6.07) is 14.0. The number of hydrogen-bond acceptors (Lipinski definition) is 4. The molecule has 5 nitrogen and oxygen atoms in total. The summed E-state index contributed by atoms with van der Waals surface area (Å²) < 4.78 is 2.07. The molecule has 2 aliphatic rings. The van der Waals surface area contributed by atoms with Gasteiger partial charge in [-0.3, -0.25) is 4.90 Å². The van der Waals surface area contributed by atoms with E-state index in [-0.39, 0.29) is 0 Å². The van der Waals surface area contributed by atoms with Crippen molar-refractivity contribution in [2.45, 2.75) is 31.8 Å². The molecule has 1 saturated heterocycles. The van der Waals surface area contributed by atoms with Gasteiger partial charge < -0.3 is 9.47 Å². The minimum absolute atomic E-state index is 0.697. The maximum atomic E-state index is 4.72. The van der Waals surface area contributed by atoms with Gasteiger partial charge in [0.15, 0.2) is 0 Å². The summed E-state index contributed by atoms with van der Waals surface area (Å²) >= 11 is 0. The van der Waals surface area contributed by atoms with Gasteiger partial charge in [-0.05, 0) is 42.0 Å². The van der Waals surface area contributed by atoms with Gasteiger partial charge in [0.2, 0.25) is 0 Å². The van der Waals surface area contributed by atoms with Crippen LogP contribution in [-0.2, 0) is 19.4 Å². The number of imidazole rings is 1. The summed E-state index contributed by atoms with van der Waals surface area (Å²) in [5.41, 5.74) is 4.31. The molecule has 1 aliphatic heterocycles. The molecule has 1 fully saturated rings. The zero-order valence-corrected chi connectivity index (χ0v) is 16.2. The van der Waals surface area contributed by atoms with E-state index in [2.05, 4.69) is 55.7 Å². The number of aryl methyl sites for hydroxylation is 1. The number of anilines is 1. The molecule has 0 amide bonds. The Bertz CT molecular complexity index is 895. The SMILES string of the molecule is c1ccc2c(c1)CCC(N1CCN(c3ccc(Cn4ccnc4)cn3)CC1)C2. The van der Waals surface area contributed by atoms with E-state index in [1.54, 1.807) is 11.1 Å². The van der Waals surface area contributed by atoms with Crippen LogP contribution in [0.2, 0.25) is 0 Å². The molecule has 5 heteroatoms. The van der Waals surface area contributed by atoms with Crippen molar-refractivity contribution in [3.05, 3.63) is 78.0 Å². The van der Waals surface area contributed by atoms with Crippen LogP contribution in [0.15, 0.2) is 61.3 Å². The molecule has 0 saturated carbocycles. The number of aromatic nitrogens is 3. The van der Waals surface area contributed by atoms with Crippen LogP contribution in [0.25, 0.3) is 0 Å². The first kappa shape index (κ1) is 17.4. The Morgan fingerprint density at radius 1 is 0.964 bits per heavy atom. The quantitative estimate of drug-likeness (QED) is 0.705. The van der Waals surface area contributed by atoms with Crippen LogP contribution in [0, 0.1) is 0 Å². The molecule has 3 aromatic rings. The molecule has 1 aromatic carbocycles. The molecule has 1 aliphatic carbocycles. The van der Waals surface area contributed by atoms with E-state index in [0.29, 0.717) is 6.04 Å². The number of benzene rings is 1. The van der Waals surface area contributed by atoms with Crippen molar-refractivity contribution in [2.24, 2.45) is 0 Å². The van der Waals surface area contributed by atoms with Crippen molar-refractivity contribution < 1.29 is 0 Å². The summed E-state index contributed by atoms with van der Waals surface area (Å²) in [7, 11) is 0. The van der Waals surface area contributed by atoms with Gasteiger partial charge >= 0.3 is 0 Å². The Balaban J connectivity index is 1.17. The Kier molecular flexibility index (Phi) is 4.83. The van der Waals surface area contributed by atoms with E-state index in [9.17, 15) is 0 Å². The van der Waals surface area contributed by atoms with Crippen LogP contribution in [0.4, 0.5) is 5.82 Å². The predicted molar refractivity (Wildman–Crippen MR) is 112 cm³/mol. The second-order valence-electron chi connectivity index (χ2n) is 7.95. The third-order valence-electron chi connectivity index (χ3n) is 6.21. The monoisotopic (exact) mass is 373 g/mol. The van der Waals surface area contributed by atoms with E-state index in [1.165, 1.54) is 24.8 Å². The van der Waals surface area contributed by atoms with Crippen molar-refractivity contribution in [1.29, 1.82) is 0 Å². The fourth-order valence-electron chi connectivity index (χ4n) is 4.59. The fraction of sp³-hybridized carbons (Fsp3) is 0.391. The van der Waals surface area contributed by atoms with Gasteiger partial charge in [-0.2, -0.15) is 0 Å². The highest BCUT2D eigenvalue weighted by molar-refractivity contribution is 5.40. The van der Waals surface area contributed by atoms with Crippen molar-refractivity contribution >= 4 is 5.82 Å². The first-order valence-corrected chi connectivity index (χ1v) is 10.3. The molecule has 0 radical (unpaired) electrons. The maximum Gasteiger partial charge on any atom is 0.128 e. The molecule has 2 aromatic heterocycles. The van der Waals surface area contributed by atoms with Crippen LogP contribution < -0.4 is 4.90 Å². The number of piperazine rings is 1. The van der Waals surface area contributed by atoms with Gasteiger partial charge in [0.1, 0.15) is 5.82 Å². The van der Waals surface area contributed by atoms with Gasteiger partial charge in [-0.15, -0.1) is 0 Å². The van der Waals surface area contributed by atoms with E-state index < -0.39 is 0 Å². The first-order valence-electron chi connectivity index (χ1n) is 10.3. The zero-order valence-electron chi connectivity index (χ0n) is 16.2. The zero-order chi connectivity index (χ0) is 18.8. The highest BCUT2D eigenvalue weighted by atomic mass is 15.3. The second-order valence-corrected chi connectivity index (χ2v) is 7.95. The van der Waals surface area contributed by atoms with E-state index in [4.69, 9.17) is 4.98 Å². The average molecular weight is 374 g/mol. The highest BCUT2D eigenvalue weighted by Gasteiger charge is 2.27. The van der Waals surface area contributed by atoms with Crippen molar-refractivity contribution in [2.75, 3.05) is 31.1 Å². The lowest BCUT2D eigenvalue weighted by Crippen LogP contribution is -2.52. The normalized spacial score (nSPS) is 20.1. The van der Waals surface area contributed by atoms with Gasteiger partial charge in [-0.1, -0.05) is 30.3 Å². The van der Waals surface area contributed by atoms with Crippen LogP contribution in [0.3, 0.4) is 0 Å². The molecule has 5 rings (SSSR count). The maximum absolute atomic E-state index is 4.72. The lowest BCUT2D eigenvalue weighted by atomic mass is 9.87. The number of nitrogens with zero attached hydrogens (tertiary/aromatic N) is 5. The standard InChI is InChI=1S/C23H27N5/c1-2-4-21-15-22(7-6-20(21)3-1)27-11-13-28(14-12-27)23-8-5-19(16-25-23)17-26-10-9-24-18-26/h1-5,8-10,16,18,22H,6-7,11-15,17H2. The minimum Gasteiger partial charge on any atom is -0.354 e. The Hall–Kier alpha value is -2.66. The number of hydrogen-bond donors (Lipinski definition) is 0. The lowest BCUT2D eigenvalue weighted by Gasteiger charge is -2.41. The largest absolute Gasteiger partial charge is 0.354 e. The highest BCUT2D eigenvalue weighted by Crippen LogP contribution is 2.26. The lowest BCUT2D eigenvalue weighted by molar-refractivity contribution is 0.169. The Morgan fingerprint density at radius 2 is 1.82 bits per heavy atom. The molecule has 3 heterocycles. The first-order chi connectivity index (χ1) is 13.8. The number of rotatable bonds is 4. The fourth-order valence-corrected chi connectivity index (χ4v) is 4.59. The summed E-state index contributed by atoms with van der Waals surface area (Å²) in [6.07, 6.45) is 11.4. The molecule has 1 atom stereocenters. The molecule has 1 unspecified atom stereocenters. The Morgan fingerprint density at radius 3 is 2.57 bits per heavy atom. The molecule has 28 heavy (non-hydrogen) atoms. The molecule has 0 N–H and O–H groups in total. The second kappa shape index (κ2) is 7.76. The molecule has 0 bridgehead atoms. The summed E-state index contributed by atoms with van der Waals surface area (Å²) in [4.78, 5) is 13.9. The minimum atomic E-state index is 0.697. The molecular formula is C23H27N5. The van der Waals surface area contributed by atoms with Gasteiger partial charge in [0.25, 0.3) is 0 Å². The van der Waals surface area contributed by atoms with Gasteiger partial charge in [0.05, 0.1) is 6.33 Å². The van der Waals surface area contributed by atoms with E-state index in [0.717, 1.165) is 38.5 Å². The van der Waals surface area contributed by atoms with Crippen LogP contribution >= 0.6 is 0 Å². The molecular weight excluding hydrogens is 346 g/mol. The predicted octanol–water partition coefficient (Wildman–Crippen LogP) is 3.01. The van der Waals surface area contributed by atoms with Crippen molar-refractivity contribution in [1.82, 2.24) is 19.4 Å². The third kappa shape index (κ3) is 3.67. The average Bonchev–Trinajstić information content (AvgIpc) is 3.27. The molecule has 144 valence electrons. The molecule has 0 spiro atoms. The van der Waals surface area contributed by atoms with Crippen LogP contribution in [-0.4, -0.2) is 51.7 Å². The Labute approximate surface area is 166 Å². The number of pyridine rings is 1.